The number of hydrogen-bond donors (Lipinski definition) is 1. The number of halogens is 7. The van der Waals surface area contributed by atoms with Crippen LogP contribution in [0.15, 0.2) is 18.2 Å². The van der Waals surface area contributed by atoms with Crippen LogP contribution in [0.3, 0.4) is 0 Å². The third-order valence-corrected chi connectivity index (χ3v) is 2.94. The van der Waals surface area contributed by atoms with Crippen LogP contribution in [0.4, 0.5) is 36.4 Å². The Morgan fingerprint density at radius 2 is 1.48 bits per heavy atom. The van der Waals surface area contributed by atoms with E-state index in [0.717, 1.165) is 24.5 Å². The highest BCUT2D eigenvalue weighted by molar-refractivity contribution is 7.92. The van der Waals surface area contributed by atoms with Crippen LogP contribution in [-0.2, 0) is 10.0 Å². The maximum atomic E-state index is 12.8. The lowest BCUT2D eigenvalue weighted by molar-refractivity contribution is -0.153. The SMILES string of the molecule is CS(=O)(=O)Nc1cc(OCC(F)(F)F)cc(OCC(F)(F)C(F)F)c1. The Hall–Kier alpha value is -1.92. The predicted molar refractivity (Wildman–Crippen MR) is 72.9 cm³/mol. The summed E-state index contributed by atoms with van der Waals surface area (Å²) in [7, 11) is -3.86. The van der Waals surface area contributed by atoms with Crippen LogP contribution in [0.5, 0.6) is 11.5 Å². The average Bonchev–Trinajstić information content (AvgIpc) is 2.40. The van der Waals surface area contributed by atoms with Crippen LogP contribution >= 0.6 is 0 Å². The highest BCUT2D eigenvalue weighted by Gasteiger charge is 2.41. The van der Waals surface area contributed by atoms with Gasteiger partial charge in [0.15, 0.2) is 13.2 Å². The number of rotatable bonds is 8. The largest absolute Gasteiger partial charge is 0.487 e. The summed E-state index contributed by atoms with van der Waals surface area (Å²) in [5.74, 6) is -5.67. The normalized spacial score (nSPS) is 13.0. The Bertz CT molecular complexity index is 691. The molecule has 0 atom stereocenters. The molecule has 0 heterocycles. The van der Waals surface area contributed by atoms with E-state index >= 15 is 0 Å². The molecule has 144 valence electrons. The molecule has 0 unspecified atom stereocenters. The Morgan fingerprint density at radius 3 is 1.88 bits per heavy atom. The molecule has 1 rings (SSSR count). The van der Waals surface area contributed by atoms with Gasteiger partial charge in [-0.15, -0.1) is 0 Å². The number of sulfonamides is 1. The monoisotopic (exact) mass is 399 g/mol. The van der Waals surface area contributed by atoms with Gasteiger partial charge in [-0.25, -0.2) is 17.2 Å². The number of hydrogen-bond acceptors (Lipinski definition) is 4. The molecule has 0 saturated heterocycles. The summed E-state index contributed by atoms with van der Waals surface area (Å²) in [6.07, 6.45) is -8.02. The summed E-state index contributed by atoms with van der Waals surface area (Å²) in [6, 6.07) is 2.38. The molecular formula is C12H12F7NO4S. The zero-order chi connectivity index (χ0) is 19.5. The van der Waals surface area contributed by atoms with Crippen LogP contribution in [0, 0.1) is 0 Å². The maximum absolute atomic E-state index is 12.8. The maximum Gasteiger partial charge on any atom is 0.422 e. The molecule has 0 aliphatic rings. The third-order valence-electron chi connectivity index (χ3n) is 2.34. The van der Waals surface area contributed by atoms with Crippen molar-refractivity contribution in [1.82, 2.24) is 0 Å². The van der Waals surface area contributed by atoms with Gasteiger partial charge in [-0.1, -0.05) is 0 Å². The first-order chi connectivity index (χ1) is 11.2. The zero-order valence-electron chi connectivity index (χ0n) is 12.4. The molecule has 0 spiro atoms. The number of anilines is 1. The second-order valence-electron chi connectivity index (χ2n) is 4.82. The van der Waals surface area contributed by atoms with E-state index < -0.39 is 53.3 Å². The van der Waals surface area contributed by atoms with Gasteiger partial charge in [-0.2, -0.15) is 22.0 Å². The summed E-state index contributed by atoms with van der Waals surface area (Å²) in [5.41, 5.74) is -0.363. The molecule has 25 heavy (non-hydrogen) atoms. The van der Waals surface area contributed by atoms with Gasteiger partial charge in [0.1, 0.15) is 11.5 Å². The Labute approximate surface area is 137 Å². The molecular weight excluding hydrogens is 387 g/mol. The van der Waals surface area contributed by atoms with Crippen molar-refractivity contribution >= 4 is 15.7 Å². The summed E-state index contributed by atoms with van der Waals surface area (Å²) in [6.45, 7) is -3.52. The fourth-order valence-electron chi connectivity index (χ4n) is 1.42. The van der Waals surface area contributed by atoms with Crippen molar-refractivity contribution in [2.75, 3.05) is 24.2 Å². The average molecular weight is 399 g/mol. The molecule has 0 saturated carbocycles. The second kappa shape index (κ2) is 7.54. The Kier molecular flexibility index (Phi) is 6.37. The molecule has 0 bridgehead atoms. The first-order valence-corrected chi connectivity index (χ1v) is 8.18. The Balaban J connectivity index is 3.03. The molecule has 5 nitrogen and oxygen atoms in total. The lowest BCUT2D eigenvalue weighted by atomic mass is 10.3. The first kappa shape index (κ1) is 21.1. The van der Waals surface area contributed by atoms with E-state index in [9.17, 15) is 39.2 Å². The van der Waals surface area contributed by atoms with E-state index in [1.165, 1.54) is 0 Å². The van der Waals surface area contributed by atoms with Gasteiger partial charge >= 0.3 is 18.5 Å². The van der Waals surface area contributed by atoms with Gasteiger partial charge < -0.3 is 9.47 Å². The van der Waals surface area contributed by atoms with E-state index in [4.69, 9.17) is 0 Å². The minimum Gasteiger partial charge on any atom is -0.487 e. The molecule has 0 amide bonds. The number of benzene rings is 1. The van der Waals surface area contributed by atoms with Crippen LogP contribution in [0.1, 0.15) is 0 Å². The Morgan fingerprint density at radius 1 is 1.00 bits per heavy atom. The molecule has 0 aliphatic carbocycles. The summed E-state index contributed by atoms with van der Waals surface area (Å²) in [5, 5.41) is 0. The number of ether oxygens (including phenoxy) is 2. The van der Waals surface area contributed by atoms with Crippen molar-refractivity contribution < 1.29 is 48.6 Å². The number of alkyl halides is 7. The lowest BCUT2D eigenvalue weighted by Crippen LogP contribution is -2.33. The quantitative estimate of drug-likeness (QED) is 0.682. The van der Waals surface area contributed by atoms with Crippen LogP contribution in [-0.4, -0.2) is 46.4 Å². The first-order valence-electron chi connectivity index (χ1n) is 6.29. The molecule has 1 N–H and O–H groups in total. The van der Waals surface area contributed by atoms with Crippen LogP contribution < -0.4 is 14.2 Å². The van der Waals surface area contributed by atoms with Gasteiger partial charge in [-0.05, 0) is 0 Å². The van der Waals surface area contributed by atoms with Crippen molar-refractivity contribution in [2.24, 2.45) is 0 Å². The van der Waals surface area contributed by atoms with Gasteiger partial charge in [0.05, 0.1) is 11.9 Å². The van der Waals surface area contributed by atoms with Gasteiger partial charge in [-0.3, -0.25) is 4.72 Å². The minimum atomic E-state index is -4.72. The lowest BCUT2D eigenvalue weighted by Gasteiger charge is -2.17. The molecule has 0 fully saturated rings. The molecule has 1 aromatic rings. The van der Waals surface area contributed by atoms with E-state index in [0.29, 0.717) is 0 Å². The molecule has 0 radical (unpaired) electrons. The molecule has 0 aliphatic heterocycles. The highest BCUT2D eigenvalue weighted by atomic mass is 32.2. The van der Waals surface area contributed by atoms with E-state index in [1.807, 2.05) is 4.72 Å². The van der Waals surface area contributed by atoms with Gasteiger partial charge in [0.2, 0.25) is 10.0 Å². The summed E-state index contributed by atoms with van der Waals surface area (Å²) >= 11 is 0. The molecule has 13 heteroatoms. The standard InChI is InChI=1S/C12H12F7NO4S/c1-25(21,22)20-7-2-8(23-5-11(15,16)10(13)14)4-9(3-7)24-6-12(17,18)19/h2-4,10,20H,5-6H2,1H3. The minimum absolute atomic E-state index is 0.363. The summed E-state index contributed by atoms with van der Waals surface area (Å²) in [4.78, 5) is 0. The second-order valence-corrected chi connectivity index (χ2v) is 6.57. The molecule has 1 aromatic carbocycles. The van der Waals surface area contributed by atoms with Crippen LogP contribution in [0.2, 0.25) is 0 Å². The van der Waals surface area contributed by atoms with Crippen molar-refractivity contribution in [1.29, 1.82) is 0 Å². The third kappa shape index (κ3) is 8.14. The van der Waals surface area contributed by atoms with Crippen molar-refractivity contribution in [3.63, 3.8) is 0 Å². The van der Waals surface area contributed by atoms with Crippen molar-refractivity contribution in [2.45, 2.75) is 18.5 Å². The fraction of sp³-hybridized carbons (Fsp3) is 0.500. The van der Waals surface area contributed by atoms with E-state index in [2.05, 4.69) is 9.47 Å². The summed E-state index contributed by atoms with van der Waals surface area (Å²) < 4.78 is 119. The highest BCUT2D eigenvalue weighted by Crippen LogP contribution is 2.30. The molecule has 0 aromatic heterocycles. The van der Waals surface area contributed by atoms with E-state index in [1.54, 1.807) is 0 Å². The zero-order valence-corrected chi connectivity index (χ0v) is 13.2. The smallest absolute Gasteiger partial charge is 0.422 e. The van der Waals surface area contributed by atoms with Crippen LogP contribution in [0.25, 0.3) is 0 Å². The van der Waals surface area contributed by atoms with Gasteiger partial charge in [0.25, 0.3) is 0 Å². The number of nitrogens with one attached hydrogen (secondary N) is 1. The predicted octanol–water partition coefficient (Wildman–Crippen LogP) is 3.28. The fourth-order valence-corrected chi connectivity index (χ4v) is 1.97. The van der Waals surface area contributed by atoms with Gasteiger partial charge in [0, 0.05) is 18.2 Å². The van der Waals surface area contributed by atoms with Crippen molar-refractivity contribution in [3.05, 3.63) is 18.2 Å². The topological polar surface area (TPSA) is 64.6 Å². The van der Waals surface area contributed by atoms with Crippen molar-refractivity contribution in [3.8, 4) is 11.5 Å². The van der Waals surface area contributed by atoms with E-state index in [-0.39, 0.29) is 5.69 Å².